The Bertz CT molecular complexity index is 1450. The zero-order valence-corrected chi connectivity index (χ0v) is 19.2. The lowest BCUT2D eigenvalue weighted by atomic mass is 9.95. The molecule has 0 unspecified atom stereocenters. The Hall–Kier alpha value is -3.82. The Balaban J connectivity index is 1.59. The van der Waals surface area contributed by atoms with Gasteiger partial charge in [-0.3, -0.25) is 19.5 Å². The van der Waals surface area contributed by atoms with Gasteiger partial charge in [-0.25, -0.2) is 4.39 Å². The third-order valence-electron chi connectivity index (χ3n) is 6.21. The molecule has 35 heavy (non-hydrogen) atoms. The minimum atomic E-state index is -0.453. The molecule has 0 saturated carbocycles. The van der Waals surface area contributed by atoms with Gasteiger partial charge < -0.3 is 20.1 Å². The van der Waals surface area contributed by atoms with Gasteiger partial charge >= 0.3 is 0 Å². The van der Waals surface area contributed by atoms with E-state index < -0.39 is 5.82 Å². The molecular weight excluding hydrogens is 451 g/mol. The second kappa shape index (κ2) is 9.44. The number of pyridine rings is 1. The number of rotatable bonds is 7. The zero-order valence-electron chi connectivity index (χ0n) is 19.2. The van der Waals surface area contributed by atoms with Crippen molar-refractivity contribution in [3.8, 4) is 5.75 Å². The Morgan fingerprint density at radius 1 is 1.26 bits per heavy atom. The molecule has 4 aromatic rings. The Morgan fingerprint density at radius 3 is 2.86 bits per heavy atom. The minimum Gasteiger partial charge on any atom is -0.494 e. The number of carbonyl (C=O) groups excluding carboxylic acids is 2. The number of carbonyl (C=O) groups is 2. The first-order valence-corrected chi connectivity index (χ1v) is 11.4. The highest BCUT2D eigenvalue weighted by Gasteiger charge is 2.30. The summed E-state index contributed by atoms with van der Waals surface area (Å²) in [7, 11) is 1.42. The maximum Gasteiger partial charge on any atom is 0.234 e. The Morgan fingerprint density at radius 2 is 2.09 bits per heavy atom. The van der Waals surface area contributed by atoms with E-state index in [9.17, 15) is 14.0 Å². The molecule has 1 aliphatic heterocycles. The van der Waals surface area contributed by atoms with Gasteiger partial charge in [0, 0.05) is 35.8 Å². The number of H-pyrrole nitrogens is 1. The van der Waals surface area contributed by atoms with Gasteiger partial charge in [-0.05, 0) is 23.8 Å². The molecule has 0 spiro atoms. The monoisotopic (exact) mass is 476 g/mol. The van der Waals surface area contributed by atoms with Crippen molar-refractivity contribution in [1.82, 2.24) is 20.2 Å². The van der Waals surface area contributed by atoms with Gasteiger partial charge in [-0.1, -0.05) is 24.3 Å². The minimum absolute atomic E-state index is 0.0256. The van der Waals surface area contributed by atoms with Gasteiger partial charge in [-0.15, -0.1) is 0 Å². The van der Waals surface area contributed by atoms with Crippen molar-refractivity contribution in [3.05, 3.63) is 70.8 Å². The first kappa shape index (κ1) is 22.9. The number of aliphatic hydroxyl groups excluding tert-OH is 1. The van der Waals surface area contributed by atoms with Crippen LogP contribution in [0.2, 0.25) is 0 Å². The third kappa shape index (κ3) is 4.36. The number of hydrogen-bond donors (Lipinski definition) is 3. The number of para-hydroxylation sites is 1. The molecule has 5 rings (SSSR count). The van der Waals surface area contributed by atoms with Crippen LogP contribution in [-0.4, -0.2) is 65.0 Å². The molecule has 0 bridgehead atoms. The van der Waals surface area contributed by atoms with E-state index in [1.807, 2.05) is 24.3 Å². The number of ether oxygens (including phenoxy) is 1. The van der Waals surface area contributed by atoms with E-state index in [4.69, 9.17) is 14.8 Å². The molecule has 0 radical (unpaired) electrons. The van der Waals surface area contributed by atoms with Crippen LogP contribution in [0.15, 0.2) is 42.5 Å². The van der Waals surface area contributed by atoms with Crippen molar-refractivity contribution in [2.75, 3.05) is 33.4 Å². The van der Waals surface area contributed by atoms with Gasteiger partial charge in [0.1, 0.15) is 0 Å². The number of nitrogens with zero attached hydrogens (tertiary/aromatic N) is 2. The number of benzene rings is 2. The lowest BCUT2D eigenvalue weighted by molar-refractivity contribution is -0.122. The summed E-state index contributed by atoms with van der Waals surface area (Å²) < 4.78 is 19.4. The molecule has 180 valence electrons. The predicted molar refractivity (Wildman–Crippen MR) is 129 cm³/mol. The number of nitrogens with one attached hydrogen (secondary N) is 2. The van der Waals surface area contributed by atoms with Gasteiger partial charge in [0.2, 0.25) is 5.91 Å². The molecule has 8 nitrogen and oxygen atoms in total. The summed E-state index contributed by atoms with van der Waals surface area (Å²) in [6, 6.07) is 12.6. The van der Waals surface area contributed by atoms with Crippen LogP contribution in [0, 0.1) is 5.82 Å². The molecule has 0 fully saturated rings. The van der Waals surface area contributed by atoms with Crippen LogP contribution < -0.4 is 10.1 Å². The molecule has 0 atom stereocenters. The van der Waals surface area contributed by atoms with Crippen molar-refractivity contribution in [1.29, 1.82) is 0 Å². The summed E-state index contributed by atoms with van der Waals surface area (Å²) in [6.07, 6.45) is 0.350. The van der Waals surface area contributed by atoms with Crippen LogP contribution >= 0.6 is 0 Å². The standard InChI is InChI=1S/C26H25FN4O4/c1-35-22-7-6-15(10-17(22)27)11-19-26-24(16-4-2-3-5-18(16)30-26)25-20(29-19)12-31(13-21(25)33)14-23(34)28-8-9-32/h2-7,10,30,32H,8-9,11-14H2,1H3,(H,28,34). The largest absolute Gasteiger partial charge is 0.494 e. The van der Waals surface area contributed by atoms with Gasteiger partial charge in [-0.2, -0.15) is 0 Å². The number of halogens is 1. The number of methoxy groups -OCH3 is 1. The molecule has 3 heterocycles. The number of fused-ring (bicyclic) bond motifs is 5. The topological polar surface area (TPSA) is 108 Å². The van der Waals surface area contributed by atoms with E-state index in [0.717, 1.165) is 27.4 Å². The summed E-state index contributed by atoms with van der Waals surface area (Å²) in [5, 5.41) is 13.3. The first-order valence-electron chi connectivity index (χ1n) is 11.4. The number of aromatic nitrogens is 2. The van der Waals surface area contributed by atoms with E-state index in [0.29, 0.717) is 29.9 Å². The molecule has 1 amide bonds. The van der Waals surface area contributed by atoms with Gasteiger partial charge in [0.25, 0.3) is 0 Å². The second-order valence-electron chi connectivity index (χ2n) is 8.59. The van der Waals surface area contributed by atoms with Crippen LogP contribution in [0.5, 0.6) is 5.75 Å². The third-order valence-corrected chi connectivity index (χ3v) is 6.21. The van der Waals surface area contributed by atoms with Crippen molar-refractivity contribution in [2.24, 2.45) is 0 Å². The molecule has 2 aromatic carbocycles. The number of aromatic amines is 1. The summed E-state index contributed by atoms with van der Waals surface area (Å²) in [5.41, 5.74) is 4.21. The lowest BCUT2D eigenvalue weighted by Crippen LogP contribution is -2.43. The lowest BCUT2D eigenvalue weighted by Gasteiger charge is -2.27. The number of hydrogen-bond acceptors (Lipinski definition) is 6. The van der Waals surface area contributed by atoms with Crippen molar-refractivity contribution in [3.63, 3.8) is 0 Å². The molecule has 0 saturated heterocycles. The SMILES string of the molecule is COc1ccc(Cc2nc3c(c4c2[nH]c2ccccc24)C(=O)CN(CC(=O)NCCO)C3)cc1F. The zero-order chi connectivity index (χ0) is 24.5. The summed E-state index contributed by atoms with van der Waals surface area (Å²) >= 11 is 0. The van der Waals surface area contributed by atoms with E-state index in [2.05, 4.69) is 10.3 Å². The van der Waals surface area contributed by atoms with Crippen LogP contribution in [0.3, 0.4) is 0 Å². The fourth-order valence-corrected chi connectivity index (χ4v) is 4.71. The fourth-order valence-electron chi connectivity index (χ4n) is 4.71. The molecule has 2 aromatic heterocycles. The van der Waals surface area contributed by atoms with Crippen LogP contribution in [0.1, 0.15) is 27.3 Å². The average molecular weight is 477 g/mol. The highest BCUT2D eigenvalue weighted by atomic mass is 19.1. The van der Waals surface area contributed by atoms with E-state index in [1.165, 1.54) is 13.2 Å². The Kier molecular flexibility index (Phi) is 6.19. The predicted octanol–water partition coefficient (Wildman–Crippen LogP) is 2.56. The van der Waals surface area contributed by atoms with Crippen molar-refractivity contribution >= 4 is 33.5 Å². The molecular formula is C26H25FN4O4. The molecule has 9 heteroatoms. The normalized spacial score (nSPS) is 13.9. The van der Waals surface area contributed by atoms with Crippen LogP contribution in [0.25, 0.3) is 21.8 Å². The quantitative estimate of drug-likeness (QED) is 0.379. The maximum atomic E-state index is 14.4. The van der Waals surface area contributed by atoms with E-state index in [-0.39, 0.29) is 43.7 Å². The highest BCUT2D eigenvalue weighted by Crippen LogP contribution is 2.35. The summed E-state index contributed by atoms with van der Waals surface area (Å²) in [5.74, 6) is -0.655. The van der Waals surface area contributed by atoms with E-state index >= 15 is 0 Å². The molecule has 0 aliphatic carbocycles. The average Bonchev–Trinajstić information content (AvgIpc) is 3.22. The smallest absolute Gasteiger partial charge is 0.234 e. The van der Waals surface area contributed by atoms with Gasteiger partial charge in [0.15, 0.2) is 17.3 Å². The summed E-state index contributed by atoms with van der Waals surface area (Å²) in [4.78, 5) is 35.5. The highest BCUT2D eigenvalue weighted by molar-refractivity contribution is 6.20. The van der Waals surface area contributed by atoms with Crippen LogP contribution in [-0.2, 0) is 17.8 Å². The number of ketones is 1. The first-order chi connectivity index (χ1) is 17.0. The molecule has 1 aliphatic rings. The van der Waals surface area contributed by atoms with Crippen molar-refractivity contribution in [2.45, 2.75) is 13.0 Å². The number of amides is 1. The Labute approximate surface area is 200 Å². The van der Waals surface area contributed by atoms with Crippen LogP contribution in [0.4, 0.5) is 4.39 Å². The fraction of sp³-hybridized carbons (Fsp3) is 0.269. The maximum absolute atomic E-state index is 14.4. The van der Waals surface area contributed by atoms with Crippen molar-refractivity contribution < 1.29 is 23.8 Å². The summed E-state index contributed by atoms with van der Waals surface area (Å²) in [6.45, 7) is 0.459. The van der Waals surface area contributed by atoms with Gasteiger partial charge in [0.05, 0.1) is 49.3 Å². The number of aliphatic hydroxyl groups is 1. The van der Waals surface area contributed by atoms with E-state index in [1.54, 1.807) is 17.0 Å². The molecule has 3 N–H and O–H groups in total. The number of Topliss-reactive ketones (excluding diaryl/α,β-unsaturated/α-hetero) is 1. The second-order valence-corrected chi connectivity index (χ2v) is 8.59.